The van der Waals surface area contributed by atoms with Gasteiger partial charge in [-0.25, -0.2) is 4.57 Å². The van der Waals surface area contributed by atoms with Crippen LogP contribution in [0.1, 0.15) is 271 Å². The first kappa shape index (κ1) is 71.5. The summed E-state index contributed by atoms with van der Waals surface area (Å²) in [5.41, 5.74) is 0. The minimum Gasteiger partial charge on any atom is -0.456 e. The van der Waals surface area contributed by atoms with Crippen molar-refractivity contribution in [1.29, 1.82) is 0 Å². The van der Waals surface area contributed by atoms with Crippen molar-refractivity contribution in [2.24, 2.45) is 0 Å². The number of hydrogen-bond donors (Lipinski definition) is 2. The van der Waals surface area contributed by atoms with Gasteiger partial charge in [0.2, 0.25) is 5.91 Å². The molecular weight excluding hydrogens is 940 g/mol. The highest BCUT2D eigenvalue weighted by atomic mass is 31.2. The number of carbonyl (C=O) groups excluding carboxylic acids is 2. The van der Waals surface area contributed by atoms with E-state index in [0.717, 1.165) is 64.2 Å². The lowest BCUT2D eigenvalue weighted by Gasteiger charge is -2.27. The maximum Gasteiger partial charge on any atom is 0.472 e. The minimum absolute atomic E-state index is 0.0297. The van der Waals surface area contributed by atoms with Crippen molar-refractivity contribution < 1.29 is 37.3 Å². The van der Waals surface area contributed by atoms with Crippen LogP contribution in [0.2, 0.25) is 0 Å². The Kier molecular flexibility index (Phi) is 52.0. The molecule has 0 saturated carbocycles. The summed E-state index contributed by atoms with van der Waals surface area (Å²) in [6.07, 6.45) is 69.0. The number of quaternary nitrogens is 1. The van der Waals surface area contributed by atoms with Crippen LogP contribution < -0.4 is 5.32 Å². The summed E-state index contributed by atoms with van der Waals surface area (Å²) in [7, 11) is 1.46. The Bertz CT molecular complexity index is 1500. The Balaban J connectivity index is 5.35. The number of rotatable bonds is 55. The number of phosphoric ester groups is 1. The molecule has 0 radical (unpaired) electrons. The van der Waals surface area contributed by atoms with Crippen LogP contribution in [0.5, 0.6) is 0 Å². The van der Waals surface area contributed by atoms with Gasteiger partial charge in [-0.05, 0) is 96.0 Å². The third kappa shape index (κ3) is 54.2. The van der Waals surface area contributed by atoms with Crippen molar-refractivity contribution in [3.8, 4) is 0 Å². The lowest BCUT2D eigenvalue weighted by Crippen LogP contribution is -2.47. The highest BCUT2D eigenvalue weighted by Gasteiger charge is 2.30. The monoisotopic (exact) mass is 1060 g/mol. The topological polar surface area (TPSA) is 111 Å². The first-order valence-electron chi connectivity index (χ1n) is 30.8. The molecule has 9 nitrogen and oxygen atoms in total. The van der Waals surface area contributed by atoms with Gasteiger partial charge in [0.05, 0.1) is 33.8 Å². The summed E-state index contributed by atoms with van der Waals surface area (Å²) in [6.45, 7) is 6.95. The molecule has 0 aromatic carbocycles. The molecule has 0 rings (SSSR count). The number of amides is 1. The van der Waals surface area contributed by atoms with Crippen LogP contribution in [0.3, 0.4) is 0 Å². The van der Waals surface area contributed by atoms with Gasteiger partial charge in [-0.15, -0.1) is 0 Å². The van der Waals surface area contributed by atoms with Gasteiger partial charge in [0.1, 0.15) is 19.3 Å². The number of phosphoric acid groups is 1. The molecule has 10 heteroatoms. The van der Waals surface area contributed by atoms with E-state index in [-0.39, 0.29) is 31.5 Å². The molecule has 0 aromatic rings. The number of unbranched alkanes of at least 4 members (excludes halogenated alkanes) is 29. The van der Waals surface area contributed by atoms with Gasteiger partial charge in [-0.3, -0.25) is 18.6 Å². The fraction of sp³-hybridized carbons (Fsp3) is 0.781. The van der Waals surface area contributed by atoms with E-state index in [1.807, 2.05) is 33.3 Å². The molecule has 0 aliphatic carbocycles. The molecule has 2 N–H and O–H groups in total. The molecule has 0 spiro atoms. The SMILES string of the molecule is CCCCC/C=C\C/C=C\C/C=C\C/C=C\CCCC(=O)OC(/C=C/CCCCCCCCCCCC)C(COP(=O)(O)OCC[N+](C)(C)C)NC(=O)CCCCCCCCCCC/C=C/CCCCCCCC. The lowest BCUT2D eigenvalue weighted by atomic mass is 10.0. The zero-order valence-electron chi connectivity index (χ0n) is 49.1. The minimum atomic E-state index is -4.46. The Morgan fingerprint density at radius 2 is 0.838 bits per heavy atom. The number of allylic oxidation sites excluding steroid dienone is 11. The lowest BCUT2D eigenvalue weighted by molar-refractivity contribution is -0.870. The maximum absolute atomic E-state index is 13.5. The van der Waals surface area contributed by atoms with E-state index in [1.54, 1.807) is 0 Å². The summed E-state index contributed by atoms with van der Waals surface area (Å²) in [6, 6.07) is -0.873. The van der Waals surface area contributed by atoms with Crippen LogP contribution in [0.15, 0.2) is 72.9 Å². The van der Waals surface area contributed by atoms with Crippen LogP contribution in [0.4, 0.5) is 0 Å². The van der Waals surface area contributed by atoms with Crippen LogP contribution >= 0.6 is 7.82 Å². The van der Waals surface area contributed by atoms with Crippen LogP contribution in [-0.2, 0) is 27.9 Å². The van der Waals surface area contributed by atoms with Crippen molar-refractivity contribution in [3.63, 3.8) is 0 Å². The number of hydrogen-bond acceptors (Lipinski definition) is 6. The molecule has 0 aromatic heterocycles. The molecule has 0 fully saturated rings. The van der Waals surface area contributed by atoms with Crippen LogP contribution in [0.25, 0.3) is 0 Å². The molecule has 0 bridgehead atoms. The fourth-order valence-electron chi connectivity index (χ4n) is 8.57. The van der Waals surface area contributed by atoms with Crippen molar-refractivity contribution in [3.05, 3.63) is 72.9 Å². The molecule has 3 unspecified atom stereocenters. The Hall–Kier alpha value is -2.55. The predicted molar refractivity (Wildman–Crippen MR) is 318 cm³/mol. The van der Waals surface area contributed by atoms with Gasteiger partial charge in [-0.2, -0.15) is 0 Å². The van der Waals surface area contributed by atoms with Gasteiger partial charge in [0.15, 0.2) is 0 Å². The smallest absolute Gasteiger partial charge is 0.456 e. The molecule has 0 saturated heterocycles. The quantitative estimate of drug-likeness (QED) is 0.0205. The van der Waals surface area contributed by atoms with E-state index in [2.05, 4.69) is 86.8 Å². The van der Waals surface area contributed by atoms with Gasteiger partial charge < -0.3 is 19.4 Å². The average molecular weight is 1060 g/mol. The Morgan fingerprint density at radius 3 is 1.30 bits per heavy atom. The molecule has 74 heavy (non-hydrogen) atoms. The Labute approximate surface area is 457 Å². The van der Waals surface area contributed by atoms with E-state index >= 15 is 0 Å². The van der Waals surface area contributed by atoms with Crippen molar-refractivity contribution in [2.45, 2.75) is 283 Å². The van der Waals surface area contributed by atoms with Gasteiger partial charge in [-0.1, -0.05) is 235 Å². The number of esters is 1. The van der Waals surface area contributed by atoms with E-state index in [4.69, 9.17) is 13.8 Å². The number of nitrogens with zero attached hydrogens (tertiary/aromatic N) is 1. The summed E-state index contributed by atoms with van der Waals surface area (Å²) < 4.78 is 30.6. The summed E-state index contributed by atoms with van der Waals surface area (Å²) >= 11 is 0. The highest BCUT2D eigenvalue weighted by Crippen LogP contribution is 2.43. The van der Waals surface area contributed by atoms with Gasteiger partial charge in [0, 0.05) is 12.8 Å². The van der Waals surface area contributed by atoms with E-state index in [0.29, 0.717) is 23.9 Å². The zero-order chi connectivity index (χ0) is 54.3. The zero-order valence-corrected chi connectivity index (χ0v) is 50.0. The van der Waals surface area contributed by atoms with Crippen LogP contribution in [0, 0.1) is 0 Å². The van der Waals surface area contributed by atoms with E-state index in [9.17, 15) is 19.0 Å². The molecule has 1 amide bonds. The largest absolute Gasteiger partial charge is 0.472 e. The number of nitrogens with one attached hydrogen (secondary N) is 1. The van der Waals surface area contributed by atoms with Crippen LogP contribution in [-0.4, -0.2) is 74.3 Å². The normalized spacial score (nSPS) is 14.2. The molecule has 0 heterocycles. The van der Waals surface area contributed by atoms with Crippen molar-refractivity contribution >= 4 is 19.7 Å². The molecule has 3 atom stereocenters. The third-order valence-electron chi connectivity index (χ3n) is 13.4. The van der Waals surface area contributed by atoms with Crippen molar-refractivity contribution in [1.82, 2.24) is 5.32 Å². The first-order chi connectivity index (χ1) is 35.9. The third-order valence-corrected chi connectivity index (χ3v) is 14.4. The molecule has 0 aliphatic heterocycles. The summed E-state index contributed by atoms with van der Waals surface area (Å²) in [5.74, 6) is -0.571. The van der Waals surface area contributed by atoms with Gasteiger partial charge >= 0.3 is 13.8 Å². The maximum atomic E-state index is 13.5. The first-order valence-corrected chi connectivity index (χ1v) is 32.3. The van der Waals surface area contributed by atoms with Crippen molar-refractivity contribution in [2.75, 3.05) is 40.9 Å². The highest BCUT2D eigenvalue weighted by molar-refractivity contribution is 7.47. The van der Waals surface area contributed by atoms with E-state index in [1.165, 1.54) is 167 Å². The second kappa shape index (κ2) is 53.8. The molecular formula is C64H118N2O7P+. The van der Waals surface area contributed by atoms with E-state index < -0.39 is 20.0 Å². The predicted octanol–water partition coefficient (Wildman–Crippen LogP) is 18.8. The summed E-state index contributed by atoms with van der Waals surface area (Å²) in [4.78, 5) is 37.7. The summed E-state index contributed by atoms with van der Waals surface area (Å²) in [5, 5.41) is 3.04. The molecule has 0 aliphatic rings. The van der Waals surface area contributed by atoms with Gasteiger partial charge in [0.25, 0.3) is 0 Å². The number of likely N-dealkylation sites (N-methyl/N-ethyl adjacent to an activating group) is 1. The second-order valence-electron chi connectivity index (χ2n) is 21.9. The fourth-order valence-corrected chi connectivity index (χ4v) is 9.31. The number of carbonyl (C=O) groups is 2. The number of ether oxygens (including phenoxy) is 1. The average Bonchev–Trinajstić information content (AvgIpc) is 3.36. The Morgan fingerprint density at radius 1 is 0.473 bits per heavy atom. The molecule has 430 valence electrons. The standard InChI is InChI=1S/C64H117N2O7P/c1-7-10-13-16-19-22-25-28-30-32-33-35-36-38-41-44-47-50-53-56-63(67)65-61(60-72-74(69,70)71-59-58-66(4,5)6)62(55-52-49-46-43-40-27-24-21-18-15-12-9-3)73-64(68)57-54-51-48-45-42-39-37-34-31-29-26-23-20-17-14-11-8-2/h20,23,28-31,37,39,45,48,52,55,61-62H,7-19,21-22,24-27,32-36,38,40-44,46-47,49-51,53-54,56-60H2,1-6H3,(H-,65,67,69,70)/p+1/b23-20-,30-28+,31-29-,39-37-,48-45-,55-52+. The second-order valence-corrected chi connectivity index (χ2v) is 23.3.